The van der Waals surface area contributed by atoms with Crippen molar-refractivity contribution in [3.63, 3.8) is 0 Å². The van der Waals surface area contributed by atoms with Gasteiger partial charge in [0.15, 0.2) is 0 Å². The second-order valence-corrected chi connectivity index (χ2v) is 6.94. The van der Waals surface area contributed by atoms with Gasteiger partial charge in [0.05, 0.1) is 25.3 Å². The molecule has 2 aromatic rings. The molecule has 6 nitrogen and oxygen atoms in total. The summed E-state index contributed by atoms with van der Waals surface area (Å²) in [7, 11) is 0. The summed E-state index contributed by atoms with van der Waals surface area (Å²) in [5.74, 6) is 0.339. The summed E-state index contributed by atoms with van der Waals surface area (Å²) in [6.07, 6.45) is 1.05. The lowest BCUT2D eigenvalue weighted by atomic mass is 9.97. The number of benzene rings is 1. The Hall–Kier alpha value is -2.02. The quantitative estimate of drug-likeness (QED) is 0.885. The average molecular weight is 355 g/mol. The van der Waals surface area contributed by atoms with Crippen molar-refractivity contribution in [2.24, 2.45) is 5.92 Å². The molecule has 0 unspecified atom stereocenters. The zero-order valence-electron chi connectivity index (χ0n) is 14.9. The standard InChI is InChI=1S/C20H25N3O3/c24-20(18-6-5-15-3-1-2-4-17(15)22-18)21-13-19(16-7-10-26-14-16)23-8-11-25-12-9-23/h1-6,16,19H,7-14H2,(H,21,24)/t16-,19+/m0/s1. The predicted octanol–water partition coefficient (Wildman–Crippen LogP) is 1.70. The molecule has 2 fully saturated rings. The van der Waals surface area contributed by atoms with Crippen molar-refractivity contribution in [1.82, 2.24) is 15.2 Å². The highest BCUT2D eigenvalue weighted by Crippen LogP contribution is 2.22. The topological polar surface area (TPSA) is 63.7 Å². The number of fused-ring (bicyclic) bond motifs is 1. The third kappa shape index (κ3) is 3.87. The van der Waals surface area contributed by atoms with E-state index in [0.29, 0.717) is 18.2 Å². The van der Waals surface area contributed by atoms with Gasteiger partial charge in [0.1, 0.15) is 5.69 Å². The fourth-order valence-electron chi connectivity index (χ4n) is 3.84. The van der Waals surface area contributed by atoms with Crippen LogP contribution in [-0.2, 0) is 9.47 Å². The van der Waals surface area contributed by atoms with Crippen LogP contribution in [-0.4, -0.2) is 67.9 Å². The molecule has 26 heavy (non-hydrogen) atoms. The Morgan fingerprint density at radius 3 is 2.81 bits per heavy atom. The minimum Gasteiger partial charge on any atom is -0.381 e. The highest BCUT2D eigenvalue weighted by molar-refractivity contribution is 5.94. The SMILES string of the molecule is O=C(NC[C@H]([C@H]1CCOC1)N1CCOCC1)c1ccc2ccccc2n1. The van der Waals surface area contributed by atoms with Gasteiger partial charge in [0.25, 0.3) is 5.91 Å². The highest BCUT2D eigenvalue weighted by Gasteiger charge is 2.31. The molecular formula is C20H25N3O3. The van der Waals surface area contributed by atoms with Crippen LogP contribution < -0.4 is 5.32 Å². The van der Waals surface area contributed by atoms with Crippen molar-refractivity contribution in [2.75, 3.05) is 46.1 Å². The predicted molar refractivity (Wildman–Crippen MR) is 99.2 cm³/mol. The molecule has 1 N–H and O–H groups in total. The normalized spacial score (nSPS) is 22.4. The molecule has 2 aliphatic rings. The first-order valence-corrected chi connectivity index (χ1v) is 9.35. The van der Waals surface area contributed by atoms with Gasteiger partial charge in [-0.15, -0.1) is 0 Å². The van der Waals surface area contributed by atoms with Crippen LogP contribution in [0.1, 0.15) is 16.9 Å². The molecule has 2 saturated heterocycles. The molecule has 3 heterocycles. The number of aromatic nitrogens is 1. The van der Waals surface area contributed by atoms with E-state index in [1.165, 1.54) is 0 Å². The smallest absolute Gasteiger partial charge is 0.269 e. The summed E-state index contributed by atoms with van der Waals surface area (Å²) < 4.78 is 11.1. The van der Waals surface area contributed by atoms with E-state index in [4.69, 9.17) is 9.47 Å². The summed E-state index contributed by atoms with van der Waals surface area (Å²) in [5, 5.41) is 4.14. The number of carbonyl (C=O) groups is 1. The van der Waals surface area contributed by atoms with Gasteiger partial charge in [0.2, 0.25) is 0 Å². The second-order valence-electron chi connectivity index (χ2n) is 6.94. The molecule has 0 saturated carbocycles. The number of hydrogen-bond acceptors (Lipinski definition) is 5. The zero-order valence-corrected chi connectivity index (χ0v) is 14.9. The summed E-state index contributed by atoms with van der Waals surface area (Å²) in [6, 6.07) is 11.9. The number of nitrogens with zero attached hydrogens (tertiary/aromatic N) is 2. The minimum atomic E-state index is -0.118. The number of ether oxygens (including phenoxy) is 2. The Morgan fingerprint density at radius 2 is 2.00 bits per heavy atom. The monoisotopic (exact) mass is 355 g/mol. The molecular weight excluding hydrogens is 330 g/mol. The third-order valence-electron chi connectivity index (χ3n) is 5.33. The molecule has 0 radical (unpaired) electrons. The van der Waals surface area contributed by atoms with Crippen LogP contribution >= 0.6 is 0 Å². The van der Waals surface area contributed by atoms with E-state index < -0.39 is 0 Å². The summed E-state index contributed by atoms with van der Waals surface area (Å²) >= 11 is 0. The second kappa shape index (κ2) is 8.12. The van der Waals surface area contributed by atoms with Crippen LogP contribution in [0.5, 0.6) is 0 Å². The summed E-state index contributed by atoms with van der Waals surface area (Å²) in [4.78, 5) is 19.6. The van der Waals surface area contributed by atoms with Gasteiger partial charge in [-0.2, -0.15) is 0 Å². The maximum atomic E-state index is 12.6. The summed E-state index contributed by atoms with van der Waals surface area (Å²) in [6.45, 7) is 5.52. The van der Waals surface area contributed by atoms with Gasteiger partial charge < -0.3 is 14.8 Å². The lowest BCUT2D eigenvalue weighted by Gasteiger charge is -2.37. The van der Waals surface area contributed by atoms with Gasteiger partial charge in [-0.3, -0.25) is 9.69 Å². The van der Waals surface area contributed by atoms with Crippen LogP contribution in [0.3, 0.4) is 0 Å². The largest absolute Gasteiger partial charge is 0.381 e. The maximum Gasteiger partial charge on any atom is 0.269 e. The molecule has 1 amide bonds. The van der Waals surface area contributed by atoms with Crippen LogP contribution in [0.15, 0.2) is 36.4 Å². The number of rotatable bonds is 5. The third-order valence-corrected chi connectivity index (χ3v) is 5.33. The lowest BCUT2D eigenvalue weighted by Crippen LogP contribution is -2.52. The number of nitrogens with one attached hydrogen (secondary N) is 1. The molecule has 0 bridgehead atoms. The van der Waals surface area contributed by atoms with Crippen molar-refractivity contribution in [2.45, 2.75) is 12.5 Å². The van der Waals surface area contributed by atoms with Crippen molar-refractivity contribution >= 4 is 16.8 Å². The van der Waals surface area contributed by atoms with E-state index in [1.54, 1.807) is 6.07 Å². The molecule has 2 aliphatic heterocycles. The average Bonchev–Trinajstić information content (AvgIpc) is 3.23. The minimum absolute atomic E-state index is 0.118. The van der Waals surface area contributed by atoms with Crippen molar-refractivity contribution in [1.29, 1.82) is 0 Å². The molecule has 1 aromatic carbocycles. The zero-order chi connectivity index (χ0) is 17.8. The fraction of sp³-hybridized carbons (Fsp3) is 0.500. The Kier molecular flexibility index (Phi) is 5.43. The van der Waals surface area contributed by atoms with Crippen LogP contribution in [0.2, 0.25) is 0 Å². The van der Waals surface area contributed by atoms with Crippen LogP contribution in [0.25, 0.3) is 10.9 Å². The van der Waals surface area contributed by atoms with Gasteiger partial charge in [-0.25, -0.2) is 4.98 Å². The van der Waals surface area contributed by atoms with Gasteiger partial charge in [-0.1, -0.05) is 24.3 Å². The molecule has 4 rings (SSSR count). The number of carbonyl (C=O) groups excluding carboxylic acids is 1. The van der Waals surface area contributed by atoms with E-state index in [1.807, 2.05) is 30.3 Å². The van der Waals surface area contributed by atoms with Gasteiger partial charge in [-0.05, 0) is 18.6 Å². The van der Waals surface area contributed by atoms with Crippen molar-refractivity contribution < 1.29 is 14.3 Å². The van der Waals surface area contributed by atoms with Crippen molar-refractivity contribution in [3.8, 4) is 0 Å². The summed E-state index contributed by atoms with van der Waals surface area (Å²) in [5.41, 5.74) is 1.31. The van der Waals surface area contributed by atoms with Crippen molar-refractivity contribution in [3.05, 3.63) is 42.1 Å². The number of pyridine rings is 1. The first-order valence-electron chi connectivity index (χ1n) is 9.35. The van der Waals surface area contributed by atoms with Crippen LogP contribution in [0.4, 0.5) is 0 Å². The number of amides is 1. The Balaban J connectivity index is 1.44. The Labute approximate surface area is 153 Å². The lowest BCUT2D eigenvalue weighted by molar-refractivity contribution is 0.00165. The number of hydrogen-bond donors (Lipinski definition) is 1. The van der Waals surface area contributed by atoms with Crippen LogP contribution in [0, 0.1) is 5.92 Å². The molecule has 1 aromatic heterocycles. The van der Waals surface area contributed by atoms with E-state index in [9.17, 15) is 4.79 Å². The maximum absolute atomic E-state index is 12.6. The molecule has 2 atom stereocenters. The molecule has 138 valence electrons. The van der Waals surface area contributed by atoms with E-state index >= 15 is 0 Å². The Morgan fingerprint density at radius 1 is 1.15 bits per heavy atom. The fourth-order valence-corrected chi connectivity index (χ4v) is 3.84. The van der Waals surface area contributed by atoms with E-state index in [2.05, 4.69) is 15.2 Å². The van der Waals surface area contributed by atoms with Gasteiger partial charge in [0, 0.05) is 43.6 Å². The van der Waals surface area contributed by atoms with Gasteiger partial charge >= 0.3 is 0 Å². The molecule has 0 spiro atoms. The molecule has 0 aliphatic carbocycles. The number of para-hydroxylation sites is 1. The highest BCUT2D eigenvalue weighted by atomic mass is 16.5. The molecule has 6 heteroatoms. The Bertz CT molecular complexity index is 755. The first kappa shape index (κ1) is 17.4. The number of morpholine rings is 1. The first-order chi connectivity index (χ1) is 12.8. The van der Waals surface area contributed by atoms with E-state index in [-0.39, 0.29) is 11.9 Å². The van der Waals surface area contributed by atoms with E-state index in [0.717, 1.165) is 56.8 Å².